The molecule has 0 amide bonds. The minimum absolute atomic E-state index is 0.358. The fourth-order valence-corrected chi connectivity index (χ4v) is 1.85. The molecule has 1 N–H and O–H groups in total. The largest absolute Gasteiger partial charge is 0.464 e. The van der Waals surface area contributed by atoms with Crippen LogP contribution < -0.4 is 0 Å². The lowest BCUT2D eigenvalue weighted by Crippen LogP contribution is -2.00. The second-order valence-electron chi connectivity index (χ2n) is 3.39. The topological polar surface area (TPSA) is 55.0 Å². The third-order valence-corrected chi connectivity index (χ3v) is 3.11. The number of hydrogen-bond acceptors (Lipinski definition) is 4. The van der Waals surface area contributed by atoms with Crippen molar-refractivity contribution in [1.82, 2.24) is 10.2 Å². The minimum Gasteiger partial charge on any atom is -0.464 e. The van der Waals surface area contributed by atoms with E-state index in [-0.39, 0.29) is 0 Å². The summed E-state index contributed by atoms with van der Waals surface area (Å²) in [5.74, 6) is -0.413. The highest BCUT2D eigenvalue weighted by Gasteiger charge is 2.10. The van der Waals surface area contributed by atoms with E-state index in [2.05, 4.69) is 14.9 Å². The Kier molecular flexibility index (Phi) is 3.49. The number of aromatic nitrogens is 2. The van der Waals surface area contributed by atoms with Crippen molar-refractivity contribution in [3.05, 3.63) is 36.0 Å². The van der Waals surface area contributed by atoms with Crippen LogP contribution in [-0.2, 0) is 4.74 Å². The highest BCUT2D eigenvalue weighted by atomic mass is 32.2. The molecule has 0 bridgehead atoms. The fourth-order valence-electron chi connectivity index (χ4n) is 1.45. The van der Waals surface area contributed by atoms with E-state index in [1.54, 1.807) is 17.8 Å². The van der Waals surface area contributed by atoms with E-state index in [0.29, 0.717) is 5.69 Å². The Morgan fingerprint density at radius 3 is 2.65 bits per heavy atom. The van der Waals surface area contributed by atoms with Crippen LogP contribution in [0, 0.1) is 0 Å². The number of esters is 1. The van der Waals surface area contributed by atoms with Gasteiger partial charge in [0.15, 0.2) is 0 Å². The van der Waals surface area contributed by atoms with Crippen molar-refractivity contribution in [1.29, 1.82) is 0 Å². The van der Waals surface area contributed by atoms with Crippen molar-refractivity contribution in [2.45, 2.75) is 4.90 Å². The molecule has 0 spiro atoms. The van der Waals surface area contributed by atoms with E-state index in [1.165, 1.54) is 12.0 Å². The van der Waals surface area contributed by atoms with Crippen LogP contribution in [0.1, 0.15) is 10.5 Å². The standard InChI is InChI=1S/C12H12N2O2S/c1-16-12(15)11-7-10(13-14-11)8-3-5-9(17-2)6-4-8/h3-7H,1-2H3,(H,13,14). The third kappa shape index (κ3) is 2.50. The molecular formula is C12H12N2O2S. The molecule has 0 fully saturated rings. The normalized spacial score (nSPS) is 10.2. The van der Waals surface area contributed by atoms with Crippen molar-refractivity contribution < 1.29 is 9.53 Å². The minimum atomic E-state index is -0.413. The number of H-pyrrole nitrogens is 1. The van der Waals surface area contributed by atoms with Gasteiger partial charge in [-0.25, -0.2) is 4.79 Å². The molecule has 1 aromatic heterocycles. The number of benzene rings is 1. The molecular weight excluding hydrogens is 236 g/mol. The zero-order chi connectivity index (χ0) is 12.3. The fraction of sp³-hybridized carbons (Fsp3) is 0.167. The monoisotopic (exact) mass is 248 g/mol. The van der Waals surface area contributed by atoms with E-state index in [0.717, 1.165) is 11.3 Å². The number of thioether (sulfide) groups is 1. The van der Waals surface area contributed by atoms with E-state index in [9.17, 15) is 4.79 Å². The average molecular weight is 248 g/mol. The molecule has 0 atom stereocenters. The Bertz CT molecular complexity index is 520. The quantitative estimate of drug-likeness (QED) is 0.670. The van der Waals surface area contributed by atoms with Crippen LogP contribution in [0.25, 0.3) is 11.3 Å². The number of carbonyl (C=O) groups excluding carboxylic acids is 1. The van der Waals surface area contributed by atoms with Gasteiger partial charge in [-0.05, 0) is 24.5 Å². The first-order valence-electron chi connectivity index (χ1n) is 5.02. The van der Waals surface area contributed by atoms with Gasteiger partial charge in [0.1, 0.15) is 5.69 Å². The smallest absolute Gasteiger partial charge is 0.356 e. The number of nitrogens with zero attached hydrogens (tertiary/aromatic N) is 1. The predicted octanol–water partition coefficient (Wildman–Crippen LogP) is 2.59. The summed E-state index contributed by atoms with van der Waals surface area (Å²) in [6.45, 7) is 0. The van der Waals surface area contributed by atoms with Crippen LogP contribution >= 0.6 is 11.8 Å². The number of carbonyl (C=O) groups is 1. The zero-order valence-corrected chi connectivity index (χ0v) is 10.4. The lowest BCUT2D eigenvalue weighted by atomic mass is 10.1. The highest BCUT2D eigenvalue weighted by Crippen LogP contribution is 2.22. The van der Waals surface area contributed by atoms with E-state index in [4.69, 9.17) is 0 Å². The maximum Gasteiger partial charge on any atom is 0.356 e. The molecule has 0 aliphatic carbocycles. The van der Waals surface area contributed by atoms with Gasteiger partial charge in [-0.2, -0.15) is 5.10 Å². The summed E-state index contributed by atoms with van der Waals surface area (Å²) in [4.78, 5) is 12.5. The predicted molar refractivity (Wildman–Crippen MR) is 67.1 cm³/mol. The van der Waals surface area contributed by atoms with Gasteiger partial charge in [-0.1, -0.05) is 12.1 Å². The Morgan fingerprint density at radius 2 is 2.06 bits per heavy atom. The third-order valence-electron chi connectivity index (χ3n) is 2.37. The Labute approximate surface area is 103 Å². The van der Waals surface area contributed by atoms with Gasteiger partial charge < -0.3 is 4.74 Å². The number of methoxy groups -OCH3 is 1. The van der Waals surface area contributed by atoms with E-state index in [1.807, 2.05) is 30.5 Å². The maximum atomic E-state index is 11.3. The van der Waals surface area contributed by atoms with E-state index >= 15 is 0 Å². The molecule has 0 aliphatic heterocycles. The summed E-state index contributed by atoms with van der Waals surface area (Å²) in [5.41, 5.74) is 2.06. The number of nitrogens with one attached hydrogen (secondary N) is 1. The van der Waals surface area contributed by atoms with Crippen molar-refractivity contribution in [3.63, 3.8) is 0 Å². The number of ether oxygens (including phenoxy) is 1. The summed E-state index contributed by atoms with van der Waals surface area (Å²) in [6, 6.07) is 9.67. The molecule has 17 heavy (non-hydrogen) atoms. The van der Waals surface area contributed by atoms with Crippen LogP contribution in [0.3, 0.4) is 0 Å². The summed E-state index contributed by atoms with van der Waals surface area (Å²) in [7, 11) is 1.34. The lowest BCUT2D eigenvalue weighted by Gasteiger charge is -1.98. The van der Waals surface area contributed by atoms with Gasteiger partial charge in [-0.15, -0.1) is 11.8 Å². The Hall–Kier alpha value is -1.75. The van der Waals surface area contributed by atoms with Gasteiger partial charge in [0.05, 0.1) is 12.8 Å². The summed E-state index contributed by atoms with van der Waals surface area (Å²) in [5, 5.41) is 6.73. The molecule has 0 unspecified atom stereocenters. The molecule has 5 heteroatoms. The van der Waals surface area contributed by atoms with Gasteiger partial charge in [-0.3, -0.25) is 5.10 Å². The first-order chi connectivity index (χ1) is 8.24. The van der Waals surface area contributed by atoms with Crippen LogP contribution in [-0.4, -0.2) is 29.5 Å². The molecule has 1 aromatic carbocycles. The number of rotatable bonds is 3. The molecule has 0 saturated heterocycles. The Morgan fingerprint density at radius 1 is 1.35 bits per heavy atom. The highest BCUT2D eigenvalue weighted by molar-refractivity contribution is 7.98. The van der Waals surface area contributed by atoms with E-state index < -0.39 is 5.97 Å². The molecule has 0 aliphatic rings. The molecule has 0 radical (unpaired) electrons. The van der Waals surface area contributed by atoms with Crippen LogP contribution in [0.15, 0.2) is 35.2 Å². The molecule has 0 saturated carbocycles. The lowest BCUT2D eigenvalue weighted by molar-refractivity contribution is 0.0594. The second-order valence-corrected chi connectivity index (χ2v) is 4.27. The average Bonchev–Trinajstić information content (AvgIpc) is 2.87. The van der Waals surface area contributed by atoms with Gasteiger partial charge in [0.25, 0.3) is 0 Å². The van der Waals surface area contributed by atoms with Crippen LogP contribution in [0.2, 0.25) is 0 Å². The van der Waals surface area contributed by atoms with Crippen molar-refractivity contribution in [2.24, 2.45) is 0 Å². The molecule has 88 valence electrons. The molecule has 1 heterocycles. The molecule has 4 nitrogen and oxygen atoms in total. The van der Waals surface area contributed by atoms with Gasteiger partial charge in [0.2, 0.25) is 0 Å². The Balaban J connectivity index is 2.27. The number of aromatic amines is 1. The summed E-state index contributed by atoms with van der Waals surface area (Å²) >= 11 is 1.68. The zero-order valence-electron chi connectivity index (χ0n) is 9.56. The number of hydrogen-bond donors (Lipinski definition) is 1. The van der Waals surface area contributed by atoms with Crippen molar-refractivity contribution >= 4 is 17.7 Å². The maximum absolute atomic E-state index is 11.3. The van der Waals surface area contributed by atoms with Gasteiger partial charge in [0, 0.05) is 10.5 Å². The van der Waals surface area contributed by atoms with Crippen molar-refractivity contribution in [3.8, 4) is 11.3 Å². The SMILES string of the molecule is COC(=O)c1cc(-c2ccc(SC)cc2)n[nH]1. The summed E-state index contributed by atoms with van der Waals surface area (Å²) in [6.07, 6.45) is 2.03. The molecule has 2 rings (SSSR count). The summed E-state index contributed by atoms with van der Waals surface area (Å²) < 4.78 is 4.61. The van der Waals surface area contributed by atoms with Gasteiger partial charge >= 0.3 is 5.97 Å². The first kappa shape index (κ1) is 11.7. The van der Waals surface area contributed by atoms with Crippen molar-refractivity contribution in [2.75, 3.05) is 13.4 Å². The second kappa shape index (κ2) is 5.05. The molecule has 2 aromatic rings. The van der Waals surface area contributed by atoms with Crippen LogP contribution in [0.4, 0.5) is 0 Å². The first-order valence-corrected chi connectivity index (χ1v) is 6.25. The van der Waals surface area contributed by atoms with Crippen LogP contribution in [0.5, 0.6) is 0 Å².